The van der Waals surface area contributed by atoms with Crippen LogP contribution in [0.15, 0.2) is 30.5 Å². The molecule has 0 aliphatic rings. The van der Waals surface area contributed by atoms with Gasteiger partial charge in [0, 0.05) is 18.1 Å². The lowest BCUT2D eigenvalue weighted by atomic mass is 10.2. The molecular weight excluding hydrogens is 250 g/mol. The Hall–Kier alpha value is -1.22. The van der Waals surface area contributed by atoms with Crippen molar-refractivity contribution < 1.29 is 4.43 Å². The zero-order valence-electron chi connectivity index (χ0n) is 12.9. The van der Waals surface area contributed by atoms with Crippen LogP contribution in [0, 0.1) is 0 Å². The number of nitrogens with zero attached hydrogens (tertiary/aromatic N) is 1. The summed E-state index contributed by atoms with van der Waals surface area (Å²) in [5, 5.41) is 1.46. The first kappa shape index (κ1) is 14.2. The predicted molar refractivity (Wildman–Crippen MR) is 85.4 cm³/mol. The highest BCUT2D eigenvalue weighted by molar-refractivity contribution is 6.74. The van der Waals surface area contributed by atoms with Gasteiger partial charge in [-0.1, -0.05) is 26.8 Å². The maximum atomic E-state index is 6.46. The number of hydrogen-bond donors (Lipinski definition) is 0. The number of aryl methyl sites for hydroxylation is 1. The van der Waals surface area contributed by atoms with E-state index in [9.17, 15) is 0 Å². The molecule has 2 aromatic rings. The van der Waals surface area contributed by atoms with Gasteiger partial charge in [0.25, 0.3) is 8.32 Å². The summed E-state index contributed by atoms with van der Waals surface area (Å²) in [5.41, 5.74) is 1.26. The van der Waals surface area contributed by atoms with E-state index in [0.717, 1.165) is 12.3 Å². The van der Waals surface area contributed by atoms with Crippen molar-refractivity contribution in [3.63, 3.8) is 0 Å². The summed E-state index contributed by atoms with van der Waals surface area (Å²) >= 11 is 0. The highest BCUT2D eigenvalue weighted by Gasteiger charge is 2.39. The molecule has 3 heteroatoms. The van der Waals surface area contributed by atoms with Gasteiger partial charge in [-0.25, -0.2) is 0 Å². The number of aromatic nitrogens is 1. The molecule has 104 valence electrons. The molecule has 1 heterocycles. The van der Waals surface area contributed by atoms with Crippen molar-refractivity contribution >= 4 is 19.2 Å². The molecule has 0 saturated carbocycles. The van der Waals surface area contributed by atoms with E-state index in [2.05, 4.69) is 75.8 Å². The van der Waals surface area contributed by atoms with Gasteiger partial charge in [-0.05, 0) is 43.3 Å². The minimum atomic E-state index is -1.77. The van der Waals surface area contributed by atoms with Gasteiger partial charge in [-0.2, -0.15) is 0 Å². The van der Waals surface area contributed by atoms with E-state index in [0.29, 0.717) is 0 Å². The molecule has 0 amide bonds. The van der Waals surface area contributed by atoms with Crippen LogP contribution in [0.3, 0.4) is 0 Å². The van der Waals surface area contributed by atoms with Crippen LogP contribution in [0.2, 0.25) is 18.1 Å². The van der Waals surface area contributed by atoms with Crippen molar-refractivity contribution in [2.75, 3.05) is 0 Å². The van der Waals surface area contributed by atoms with Gasteiger partial charge in [0.15, 0.2) is 0 Å². The Balaban J connectivity index is 2.44. The standard InChI is InChI=1S/C16H25NOSi/c1-7-17-12-11-13-14(17)9-8-10-15(13)18-19(5,6)16(2,3)4/h8-12H,7H2,1-6H3. The minimum Gasteiger partial charge on any atom is -0.543 e. The van der Waals surface area contributed by atoms with E-state index in [1.165, 1.54) is 10.9 Å². The second-order valence-electron chi connectivity index (χ2n) is 6.65. The Morgan fingerprint density at radius 3 is 2.42 bits per heavy atom. The molecule has 1 aromatic carbocycles. The summed E-state index contributed by atoms with van der Waals surface area (Å²) in [4.78, 5) is 0. The summed E-state index contributed by atoms with van der Waals surface area (Å²) in [6.45, 7) is 14.6. The van der Waals surface area contributed by atoms with Crippen LogP contribution in [0.25, 0.3) is 10.9 Å². The normalized spacial score (nSPS) is 12.9. The van der Waals surface area contributed by atoms with Gasteiger partial charge >= 0.3 is 0 Å². The number of fused-ring (bicyclic) bond motifs is 1. The predicted octanol–water partition coefficient (Wildman–Crippen LogP) is 5.05. The number of rotatable bonds is 3. The fraction of sp³-hybridized carbons (Fsp3) is 0.500. The van der Waals surface area contributed by atoms with Crippen molar-refractivity contribution in [1.29, 1.82) is 0 Å². The molecule has 0 atom stereocenters. The Kier molecular flexibility index (Phi) is 3.52. The van der Waals surface area contributed by atoms with E-state index >= 15 is 0 Å². The maximum Gasteiger partial charge on any atom is 0.250 e. The van der Waals surface area contributed by atoms with Gasteiger partial charge in [0.2, 0.25) is 0 Å². The molecule has 0 fully saturated rings. The minimum absolute atomic E-state index is 0.225. The van der Waals surface area contributed by atoms with E-state index in [4.69, 9.17) is 4.43 Å². The Morgan fingerprint density at radius 1 is 1.16 bits per heavy atom. The first-order valence-corrected chi connectivity index (χ1v) is 9.94. The average Bonchev–Trinajstić information content (AvgIpc) is 2.71. The summed E-state index contributed by atoms with van der Waals surface area (Å²) in [6, 6.07) is 8.53. The molecule has 2 rings (SSSR count). The first-order chi connectivity index (χ1) is 8.76. The third-order valence-electron chi connectivity index (χ3n) is 4.29. The number of benzene rings is 1. The van der Waals surface area contributed by atoms with Crippen molar-refractivity contribution in [3.05, 3.63) is 30.5 Å². The molecule has 1 aromatic heterocycles. The van der Waals surface area contributed by atoms with Crippen molar-refractivity contribution in [2.45, 2.75) is 52.4 Å². The lowest BCUT2D eigenvalue weighted by Crippen LogP contribution is -2.43. The molecule has 0 spiro atoms. The zero-order valence-corrected chi connectivity index (χ0v) is 13.9. The average molecular weight is 275 g/mol. The van der Waals surface area contributed by atoms with Crippen LogP contribution in [0.1, 0.15) is 27.7 Å². The molecule has 0 unspecified atom stereocenters. The topological polar surface area (TPSA) is 14.2 Å². The lowest BCUT2D eigenvalue weighted by Gasteiger charge is -2.36. The summed E-state index contributed by atoms with van der Waals surface area (Å²) in [5.74, 6) is 1.04. The van der Waals surface area contributed by atoms with Crippen molar-refractivity contribution in [1.82, 2.24) is 4.57 Å². The lowest BCUT2D eigenvalue weighted by molar-refractivity contribution is 0.496. The van der Waals surface area contributed by atoms with E-state index in [1.807, 2.05) is 0 Å². The van der Waals surface area contributed by atoms with Crippen LogP contribution in [-0.4, -0.2) is 12.9 Å². The Morgan fingerprint density at radius 2 is 1.84 bits per heavy atom. The third kappa shape index (κ3) is 2.57. The van der Waals surface area contributed by atoms with Gasteiger partial charge in [-0.15, -0.1) is 0 Å². The molecule has 0 bridgehead atoms. The van der Waals surface area contributed by atoms with Gasteiger partial charge in [0.1, 0.15) is 5.75 Å². The second-order valence-corrected chi connectivity index (χ2v) is 11.4. The first-order valence-electron chi connectivity index (χ1n) is 7.03. The van der Waals surface area contributed by atoms with E-state index in [-0.39, 0.29) is 5.04 Å². The smallest absolute Gasteiger partial charge is 0.250 e. The Bertz CT molecular complexity index is 578. The fourth-order valence-electron chi connectivity index (χ4n) is 1.99. The highest BCUT2D eigenvalue weighted by Crippen LogP contribution is 2.39. The Labute approximate surface area is 117 Å². The molecule has 0 aliphatic carbocycles. The van der Waals surface area contributed by atoms with Gasteiger partial charge in [0.05, 0.1) is 5.52 Å². The molecule has 2 nitrogen and oxygen atoms in total. The fourth-order valence-corrected chi connectivity index (χ4v) is 3.02. The van der Waals surface area contributed by atoms with Gasteiger partial charge < -0.3 is 8.99 Å². The van der Waals surface area contributed by atoms with Gasteiger partial charge in [-0.3, -0.25) is 0 Å². The maximum absolute atomic E-state index is 6.46. The van der Waals surface area contributed by atoms with Crippen LogP contribution >= 0.6 is 0 Å². The highest BCUT2D eigenvalue weighted by atomic mass is 28.4. The number of hydrogen-bond acceptors (Lipinski definition) is 1. The largest absolute Gasteiger partial charge is 0.543 e. The van der Waals surface area contributed by atoms with Crippen LogP contribution in [0.5, 0.6) is 5.75 Å². The molecule has 0 N–H and O–H groups in total. The molecule has 0 saturated heterocycles. The van der Waals surface area contributed by atoms with Crippen LogP contribution < -0.4 is 4.43 Å². The van der Waals surface area contributed by atoms with E-state index < -0.39 is 8.32 Å². The zero-order chi connectivity index (χ0) is 14.3. The van der Waals surface area contributed by atoms with Crippen molar-refractivity contribution in [2.24, 2.45) is 0 Å². The molecule has 19 heavy (non-hydrogen) atoms. The third-order valence-corrected chi connectivity index (χ3v) is 8.63. The van der Waals surface area contributed by atoms with Crippen molar-refractivity contribution in [3.8, 4) is 5.75 Å². The quantitative estimate of drug-likeness (QED) is 0.715. The summed E-state index contributed by atoms with van der Waals surface area (Å²) in [6.07, 6.45) is 2.14. The van der Waals surface area contributed by atoms with E-state index in [1.54, 1.807) is 0 Å². The molecule has 0 radical (unpaired) electrons. The van der Waals surface area contributed by atoms with Crippen LogP contribution in [0.4, 0.5) is 0 Å². The molecule has 0 aliphatic heterocycles. The SMILES string of the molecule is CCn1ccc2c(O[Si](C)(C)C(C)(C)C)cccc21. The summed E-state index contributed by atoms with van der Waals surface area (Å²) in [7, 11) is -1.77. The summed E-state index contributed by atoms with van der Waals surface area (Å²) < 4.78 is 8.72. The van der Waals surface area contributed by atoms with Crippen LogP contribution in [-0.2, 0) is 6.54 Å². The molecular formula is C16H25NOSi. The monoisotopic (exact) mass is 275 g/mol. The second kappa shape index (κ2) is 4.71.